The number of nitrogens with zero attached hydrogens (tertiary/aromatic N) is 1. The normalized spacial score (nSPS) is 11.3. The molecule has 0 atom stereocenters. The average molecular weight is 252 g/mol. The Labute approximate surface area is 111 Å². The Morgan fingerprint density at radius 1 is 0.778 bits per heavy atom. The molecular weight excluding hydrogens is 234 g/mol. The van der Waals surface area contributed by atoms with Crippen LogP contribution in [0.3, 0.4) is 0 Å². The largest absolute Gasteiger partial charge is 0.322 e. The van der Waals surface area contributed by atoms with E-state index in [0.717, 1.165) is 0 Å². The lowest BCUT2D eigenvalue weighted by molar-refractivity contribution is 1.48. The molecule has 1 radical (unpaired) electrons. The highest BCUT2D eigenvalue weighted by atomic mass is 28.3. The first-order chi connectivity index (χ1) is 8.70. The summed E-state index contributed by atoms with van der Waals surface area (Å²) in [5.74, 6) is 0. The molecule has 2 aromatic rings. The number of benzene rings is 2. The third-order valence-corrected chi connectivity index (χ3v) is 5.19. The van der Waals surface area contributed by atoms with Crippen molar-refractivity contribution in [3.63, 3.8) is 0 Å². The second kappa shape index (κ2) is 5.78. The molecule has 91 valence electrons. The van der Waals surface area contributed by atoms with Crippen molar-refractivity contribution in [2.75, 3.05) is 0 Å². The summed E-state index contributed by atoms with van der Waals surface area (Å²) in [4.78, 5) is 0. The summed E-state index contributed by atoms with van der Waals surface area (Å²) in [7, 11) is -1.01. The van der Waals surface area contributed by atoms with Crippen molar-refractivity contribution >= 4 is 25.5 Å². The fourth-order valence-corrected chi connectivity index (χ4v) is 3.72. The number of aryl methyl sites for hydroxylation is 2. The summed E-state index contributed by atoms with van der Waals surface area (Å²) < 4.78 is 4.70. The lowest BCUT2D eigenvalue weighted by atomic mass is 10.2. The molecule has 2 heteroatoms. The van der Waals surface area contributed by atoms with E-state index in [1.807, 2.05) is 13.1 Å². The Morgan fingerprint density at radius 3 is 1.50 bits per heavy atom. The van der Waals surface area contributed by atoms with Crippen LogP contribution in [0.15, 0.2) is 53.2 Å². The van der Waals surface area contributed by atoms with Crippen LogP contribution in [0.2, 0.25) is 0 Å². The zero-order chi connectivity index (χ0) is 13.0. The van der Waals surface area contributed by atoms with Gasteiger partial charge in [-0.3, -0.25) is 0 Å². The standard InChI is InChI=1S/C16H18NSi/c1-4-17-18(15-9-5-13(2)6-10-15)16-11-7-14(3)8-12-16/h4-12H,1-3H3/b17-4+. The van der Waals surface area contributed by atoms with E-state index >= 15 is 0 Å². The van der Waals surface area contributed by atoms with Crippen LogP contribution in [0.5, 0.6) is 0 Å². The summed E-state index contributed by atoms with van der Waals surface area (Å²) in [5.41, 5.74) is 2.59. The maximum absolute atomic E-state index is 4.70. The topological polar surface area (TPSA) is 12.4 Å². The SMILES string of the molecule is C/C=N/[Si](c1ccc(C)cc1)c1ccc(C)cc1. The molecule has 0 saturated carbocycles. The van der Waals surface area contributed by atoms with Gasteiger partial charge in [0, 0.05) is 0 Å². The molecule has 0 aliphatic carbocycles. The molecule has 0 saturated heterocycles. The van der Waals surface area contributed by atoms with Gasteiger partial charge in [-0.1, -0.05) is 59.7 Å². The second-order valence-electron chi connectivity index (χ2n) is 4.47. The zero-order valence-electron chi connectivity index (χ0n) is 11.1. The Bertz CT molecular complexity index is 481. The first kappa shape index (κ1) is 12.8. The van der Waals surface area contributed by atoms with Crippen molar-refractivity contribution in [3.8, 4) is 0 Å². The quantitative estimate of drug-likeness (QED) is 0.588. The van der Waals surface area contributed by atoms with E-state index in [9.17, 15) is 0 Å². The summed E-state index contributed by atoms with van der Waals surface area (Å²) in [5, 5.41) is 2.68. The molecule has 0 fully saturated rings. The Hall–Kier alpha value is -1.67. The number of rotatable bonds is 3. The fraction of sp³-hybridized carbons (Fsp3) is 0.188. The van der Waals surface area contributed by atoms with Crippen LogP contribution in [0.25, 0.3) is 0 Å². The average Bonchev–Trinajstić information content (AvgIpc) is 2.39. The maximum Gasteiger partial charge on any atom is 0.264 e. The summed E-state index contributed by atoms with van der Waals surface area (Å²) in [6, 6.07) is 17.5. The van der Waals surface area contributed by atoms with Crippen LogP contribution in [0, 0.1) is 13.8 Å². The molecule has 0 heterocycles. The van der Waals surface area contributed by atoms with Gasteiger partial charge in [0.2, 0.25) is 0 Å². The second-order valence-corrected chi connectivity index (χ2v) is 6.58. The summed E-state index contributed by atoms with van der Waals surface area (Å²) in [6.45, 7) is 6.23. The third-order valence-electron chi connectivity index (χ3n) is 2.91. The van der Waals surface area contributed by atoms with Crippen molar-refractivity contribution in [1.29, 1.82) is 0 Å². The molecule has 1 nitrogen and oxygen atoms in total. The molecule has 0 aliphatic rings. The fourth-order valence-electron chi connectivity index (χ4n) is 1.87. The smallest absolute Gasteiger partial charge is 0.264 e. The van der Waals surface area contributed by atoms with E-state index in [-0.39, 0.29) is 0 Å². The van der Waals surface area contributed by atoms with Gasteiger partial charge in [0.15, 0.2) is 0 Å². The van der Waals surface area contributed by atoms with Gasteiger partial charge in [-0.15, -0.1) is 0 Å². The highest BCUT2D eigenvalue weighted by molar-refractivity contribution is 6.84. The molecule has 0 amide bonds. The highest BCUT2D eigenvalue weighted by Gasteiger charge is 2.15. The first-order valence-electron chi connectivity index (χ1n) is 6.20. The molecule has 0 bridgehead atoms. The van der Waals surface area contributed by atoms with Crippen LogP contribution in [0.1, 0.15) is 18.1 Å². The number of hydrogen-bond acceptors (Lipinski definition) is 1. The van der Waals surface area contributed by atoms with Crippen LogP contribution in [-0.2, 0) is 0 Å². The van der Waals surface area contributed by atoms with E-state index in [1.165, 1.54) is 21.5 Å². The Kier molecular flexibility index (Phi) is 4.10. The minimum Gasteiger partial charge on any atom is -0.322 e. The monoisotopic (exact) mass is 252 g/mol. The van der Waals surface area contributed by atoms with Gasteiger partial charge in [0.05, 0.1) is 0 Å². The van der Waals surface area contributed by atoms with Crippen molar-refractivity contribution in [1.82, 2.24) is 0 Å². The van der Waals surface area contributed by atoms with Gasteiger partial charge in [-0.05, 0) is 37.4 Å². The van der Waals surface area contributed by atoms with E-state index in [2.05, 4.69) is 62.4 Å². The van der Waals surface area contributed by atoms with Crippen LogP contribution >= 0.6 is 0 Å². The van der Waals surface area contributed by atoms with Gasteiger partial charge in [-0.25, -0.2) is 0 Å². The molecule has 0 aromatic heterocycles. The van der Waals surface area contributed by atoms with Crippen molar-refractivity contribution in [2.45, 2.75) is 20.8 Å². The molecule has 0 aliphatic heterocycles. The maximum atomic E-state index is 4.70. The minimum absolute atomic E-state index is 1.01. The van der Waals surface area contributed by atoms with E-state index in [4.69, 9.17) is 4.66 Å². The number of hydrogen-bond donors (Lipinski definition) is 0. The molecule has 0 unspecified atom stereocenters. The molecule has 2 aromatic carbocycles. The van der Waals surface area contributed by atoms with Gasteiger partial charge < -0.3 is 4.66 Å². The first-order valence-corrected chi connectivity index (χ1v) is 7.65. The highest BCUT2D eigenvalue weighted by Crippen LogP contribution is 1.99. The van der Waals surface area contributed by atoms with E-state index in [1.54, 1.807) is 0 Å². The lowest BCUT2D eigenvalue weighted by Gasteiger charge is -2.11. The van der Waals surface area contributed by atoms with Gasteiger partial charge in [-0.2, -0.15) is 0 Å². The molecule has 2 rings (SSSR count). The van der Waals surface area contributed by atoms with Gasteiger partial charge in [0.1, 0.15) is 0 Å². The minimum atomic E-state index is -1.01. The van der Waals surface area contributed by atoms with E-state index < -0.39 is 8.96 Å². The molecule has 0 N–H and O–H groups in total. The van der Waals surface area contributed by atoms with Crippen molar-refractivity contribution in [2.24, 2.45) is 4.66 Å². The van der Waals surface area contributed by atoms with E-state index in [0.29, 0.717) is 0 Å². The predicted molar refractivity (Wildman–Crippen MR) is 81.5 cm³/mol. The summed E-state index contributed by atoms with van der Waals surface area (Å²) in [6.07, 6.45) is 1.92. The van der Waals surface area contributed by atoms with Gasteiger partial charge >= 0.3 is 0 Å². The van der Waals surface area contributed by atoms with Crippen molar-refractivity contribution < 1.29 is 0 Å². The van der Waals surface area contributed by atoms with Crippen molar-refractivity contribution in [3.05, 3.63) is 59.7 Å². The zero-order valence-corrected chi connectivity index (χ0v) is 12.1. The van der Waals surface area contributed by atoms with Crippen LogP contribution in [-0.4, -0.2) is 15.2 Å². The van der Waals surface area contributed by atoms with Gasteiger partial charge in [0.25, 0.3) is 8.96 Å². The third kappa shape index (κ3) is 2.96. The molecular formula is C16H18NSi. The Morgan fingerprint density at radius 2 is 1.17 bits per heavy atom. The summed E-state index contributed by atoms with van der Waals surface area (Å²) >= 11 is 0. The Balaban J connectivity index is 2.39. The molecule has 18 heavy (non-hydrogen) atoms. The molecule has 0 spiro atoms. The lowest BCUT2D eigenvalue weighted by Crippen LogP contribution is -2.40. The van der Waals surface area contributed by atoms with Crippen LogP contribution < -0.4 is 10.4 Å². The van der Waals surface area contributed by atoms with Crippen LogP contribution in [0.4, 0.5) is 0 Å². The predicted octanol–water partition coefficient (Wildman–Crippen LogP) is 2.50.